The van der Waals surface area contributed by atoms with Gasteiger partial charge < -0.3 is 14.5 Å². The van der Waals surface area contributed by atoms with Crippen LogP contribution in [0.5, 0.6) is 0 Å². The second kappa shape index (κ2) is 8.10. The highest BCUT2D eigenvalue weighted by Gasteiger charge is 2.36. The molecule has 1 fully saturated rings. The molecule has 8 heteroatoms. The summed E-state index contributed by atoms with van der Waals surface area (Å²) in [6.45, 7) is 6.22. The third-order valence-corrected chi connectivity index (χ3v) is 5.84. The second-order valence-electron chi connectivity index (χ2n) is 8.30. The molecule has 1 aliphatic rings. The molecule has 4 rings (SSSR count). The average Bonchev–Trinajstić information content (AvgIpc) is 3.43. The summed E-state index contributed by atoms with van der Waals surface area (Å²) in [7, 11) is 0. The van der Waals surface area contributed by atoms with Crippen molar-refractivity contribution in [2.75, 3.05) is 6.54 Å². The van der Waals surface area contributed by atoms with Gasteiger partial charge in [0.1, 0.15) is 17.4 Å². The summed E-state index contributed by atoms with van der Waals surface area (Å²) in [6, 6.07) is 11.1. The lowest BCUT2D eigenvalue weighted by Gasteiger charge is -2.27. The molecule has 2 aromatic heterocycles. The summed E-state index contributed by atoms with van der Waals surface area (Å²) in [4.78, 5) is 31.2. The van der Waals surface area contributed by atoms with Crippen molar-refractivity contribution in [2.24, 2.45) is 0 Å². The van der Waals surface area contributed by atoms with E-state index in [4.69, 9.17) is 9.15 Å². The summed E-state index contributed by atoms with van der Waals surface area (Å²) in [6.07, 6.45) is 0.955. The summed E-state index contributed by atoms with van der Waals surface area (Å²) < 4.78 is 12.4. The van der Waals surface area contributed by atoms with Crippen molar-refractivity contribution < 1.29 is 18.7 Å². The minimum Gasteiger partial charge on any atom is -0.457 e. The number of likely N-dealkylation sites (tertiary alicyclic amines) is 1. The number of aromatic nitrogens is 1. The molecule has 1 aliphatic heterocycles. The van der Waals surface area contributed by atoms with Crippen LogP contribution in [0.2, 0.25) is 0 Å². The lowest BCUT2D eigenvalue weighted by Crippen LogP contribution is -2.47. The molecule has 1 saturated heterocycles. The van der Waals surface area contributed by atoms with E-state index in [9.17, 15) is 9.59 Å². The van der Waals surface area contributed by atoms with Gasteiger partial charge in [-0.2, -0.15) is 0 Å². The van der Waals surface area contributed by atoms with Gasteiger partial charge in [-0.05, 0) is 57.9 Å². The molecule has 1 N–H and O–H groups in total. The van der Waals surface area contributed by atoms with E-state index < -0.39 is 17.7 Å². The van der Waals surface area contributed by atoms with Crippen LogP contribution in [0.25, 0.3) is 21.0 Å². The molecule has 7 nitrogen and oxygen atoms in total. The SMILES string of the molecule is CC(C)(C)OC(=O)N1CCC[C@H]1C(=O)NCc1ccc(-c2nc3ccccc3s2)o1. The van der Waals surface area contributed by atoms with E-state index in [1.165, 1.54) is 4.90 Å². The highest BCUT2D eigenvalue weighted by atomic mass is 32.1. The second-order valence-corrected chi connectivity index (χ2v) is 9.33. The summed E-state index contributed by atoms with van der Waals surface area (Å²) in [5, 5.41) is 3.69. The number of amides is 2. The number of carbonyl (C=O) groups excluding carboxylic acids is 2. The van der Waals surface area contributed by atoms with E-state index in [2.05, 4.69) is 10.3 Å². The summed E-state index contributed by atoms with van der Waals surface area (Å²) in [5.74, 6) is 1.12. The van der Waals surface area contributed by atoms with Crippen molar-refractivity contribution in [3.05, 3.63) is 42.2 Å². The number of ether oxygens (including phenoxy) is 1. The van der Waals surface area contributed by atoms with Crippen molar-refractivity contribution in [3.8, 4) is 10.8 Å². The van der Waals surface area contributed by atoms with Crippen LogP contribution in [-0.4, -0.2) is 40.1 Å². The normalized spacial score (nSPS) is 16.8. The Kier molecular flexibility index (Phi) is 5.51. The minimum absolute atomic E-state index is 0.198. The van der Waals surface area contributed by atoms with Crippen LogP contribution >= 0.6 is 11.3 Å². The molecule has 3 aromatic rings. The van der Waals surface area contributed by atoms with Gasteiger partial charge in [-0.1, -0.05) is 12.1 Å². The molecule has 2 amide bonds. The van der Waals surface area contributed by atoms with Crippen LogP contribution in [0.4, 0.5) is 4.79 Å². The molecule has 0 bridgehead atoms. The molecule has 3 heterocycles. The number of hydrogen-bond acceptors (Lipinski definition) is 6. The number of rotatable bonds is 4. The number of para-hydroxylation sites is 1. The molecule has 1 atom stereocenters. The van der Waals surface area contributed by atoms with Gasteiger partial charge in [0.25, 0.3) is 0 Å². The van der Waals surface area contributed by atoms with Gasteiger partial charge in [0.15, 0.2) is 10.8 Å². The predicted molar refractivity (Wildman–Crippen MR) is 115 cm³/mol. The number of hydrogen-bond donors (Lipinski definition) is 1. The number of nitrogens with one attached hydrogen (secondary N) is 1. The Labute approximate surface area is 179 Å². The number of benzene rings is 1. The third kappa shape index (κ3) is 4.48. The van der Waals surface area contributed by atoms with Crippen LogP contribution in [0.15, 0.2) is 40.8 Å². The average molecular weight is 428 g/mol. The highest BCUT2D eigenvalue weighted by molar-refractivity contribution is 7.21. The van der Waals surface area contributed by atoms with Crippen molar-refractivity contribution in [3.63, 3.8) is 0 Å². The van der Waals surface area contributed by atoms with Gasteiger partial charge in [-0.25, -0.2) is 9.78 Å². The van der Waals surface area contributed by atoms with Crippen LogP contribution in [-0.2, 0) is 16.1 Å². The van der Waals surface area contributed by atoms with Crippen LogP contribution < -0.4 is 5.32 Å². The van der Waals surface area contributed by atoms with Crippen molar-refractivity contribution in [2.45, 2.75) is 51.8 Å². The van der Waals surface area contributed by atoms with E-state index in [1.807, 2.05) is 57.2 Å². The zero-order valence-electron chi connectivity index (χ0n) is 17.3. The lowest BCUT2D eigenvalue weighted by molar-refractivity contribution is -0.125. The van der Waals surface area contributed by atoms with Crippen LogP contribution in [0, 0.1) is 0 Å². The highest BCUT2D eigenvalue weighted by Crippen LogP contribution is 2.31. The molecule has 30 heavy (non-hydrogen) atoms. The van der Waals surface area contributed by atoms with Crippen LogP contribution in [0.3, 0.4) is 0 Å². The van der Waals surface area contributed by atoms with E-state index in [0.717, 1.165) is 21.6 Å². The van der Waals surface area contributed by atoms with Crippen molar-refractivity contribution >= 4 is 33.6 Å². The fourth-order valence-electron chi connectivity index (χ4n) is 3.44. The summed E-state index contributed by atoms with van der Waals surface area (Å²) >= 11 is 1.57. The first-order chi connectivity index (χ1) is 14.3. The number of furan rings is 1. The van der Waals surface area contributed by atoms with Gasteiger partial charge in [-0.3, -0.25) is 9.69 Å². The predicted octanol–water partition coefficient (Wildman–Crippen LogP) is 4.57. The quantitative estimate of drug-likeness (QED) is 0.659. The Hall–Kier alpha value is -2.87. The summed E-state index contributed by atoms with van der Waals surface area (Å²) in [5.41, 5.74) is 0.346. The Morgan fingerprint density at radius 2 is 2.07 bits per heavy atom. The molecule has 0 saturated carbocycles. The maximum atomic E-state index is 12.7. The Balaban J connectivity index is 1.37. The van der Waals surface area contributed by atoms with E-state index in [0.29, 0.717) is 24.5 Å². The molecule has 0 aliphatic carbocycles. The number of nitrogens with zero attached hydrogens (tertiary/aromatic N) is 2. The van der Waals surface area contributed by atoms with E-state index in [-0.39, 0.29) is 12.5 Å². The van der Waals surface area contributed by atoms with Gasteiger partial charge in [-0.15, -0.1) is 11.3 Å². The third-order valence-electron chi connectivity index (χ3n) is 4.79. The van der Waals surface area contributed by atoms with Gasteiger partial charge >= 0.3 is 6.09 Å². The molecular weight excluding hydrogens is 402 g/mol. The van der Waals surface area contributed by atoms with Crippen molar-refractivity contribution in [1.82, 2.24) is 15.2 Å². The Morgan fingerprint density at radius 1 is 1.27 bits per heavy atom. The topological polar surface area (TPSA) is 84.7 Å². The molecule has 0 spiro atoms. The maximum absolute atomic E-state index is 12.7. The van der Waals surface area contributed by atoms with E-state index in [1.54, 1.807) is 11.3 Å². The fraction of sp³-hybridized carbons (Fsp3) is 0.409. The van der Waals surface area contributed by atoms with Crippen LogP contribution in [0.1, 0.15) is 39.4 Å². The lowest BCUT2D eigenvalue weighted by atomic mass is 10.2. The molecule has 1 aromatic carbocycles. The largest absolute Gasteiger partial charge is 0.457 e. The smallest absolute Gasteiger partial charge is 0.410 e. The number of thiazole rings is 1. The number of fused-ring (bicyclic) bond motifs is 1. The molecular formula is C22H25N3O4S. The Bertz CT molecular complexity index is 1030. The maximum Gasteiger partial charge on any atom is 0.410 e. The fourth-order valence-corrected chi connectivity index (χ4v) is 4.36. The first-order valence-electron chi connectivity index (χ1n) is 10.0. The van der Waals surface area contributed by atoms with Gasteiger partial charge in [0.05, 0.1) is 16.8 Å². The van der Waals surface area contributed by atoms with E-state index >= 15 is 0 Å². The van der Waals surface area contributed by atoms with Gasteiger partial charge in [0.2, 0.25) is 5.91 Å². The monoisotopic (exact) mass is 427 g/mol. The first kappa shape index (κ1) is 20.4. The molecule has 0 radical (unpaired) electrons. The first-order valence-corrected chi connectivity index (χ1v) is 10.8. The molecule has 0 unspecified atom stereocenters. The Morgan fingerprint density at radius 3 is 2.83 bits per heavy atom. The van der Waals surface area contributed by atoms with Crippen molar-refractivity contribution in [1.29, 1.82) is 0 Å². The zero-order chi connectivity index (χ0) is 21.3. The minimum atomic E-state index is -0.591. The zero-order valence-corrected chi connectivity index (χ0v) is 18.1. The number of carbonyl (C=O) groups is 2. The molecule has 158 valence electrons. The van der Waals surface area contributed by atoms with Gasteiger partial charge in [0, 0.05) is 6.54 Å². The standard InChI is InChI=1S/C22H25N3O4S/c1-22(2,3)29-21(27)25-12-6-8-16(25)19(26)23-13-14-10-11-17(28-14)20-24-15-7-4-5-9-18(15)30-20/h4-5,7,9-11,16H,6,8,12-13H2,1-3H3,(H,23,26)/t16-/m0/s1.